The molecular formula is C14H15ClN4OS. The molecule has 1 aromatic rings. The van der Waals surface area contributed by atoms with E-state index in [0.29, 0.717) is 23.8 Å². The number of nitrogens with zero attached hydrogens (tertiary/aromatic N) is 3. The third-order valence-electron chi connectivity index (χ3n) is 2.67. The van der Waals surface area contributed by atoms with E-state index in [9.17, 15) is 4.79 Å². The lowest BCUT2D eigenvalue weighted by Gasteiger charge is -2.20. The Morgan fingerprint density at radius 3 is 2.48 bits per heavy atom. The van der Waals surface area contributed by atoms with Gasteiger partial charge in [-0.2, -0.15) is 10.5 Å². The van der Waals surface area contributed by atoms with E-state index in [0.717, 1.165) is 4.90 Å². The first-order valence-corrected chi connectivity index (χ1v) is 7.64. The number of hydrogen-bond acceptors (Lipinski definition) is 5. The fourth-order valence-corrected chi connectivity index (χ4v) is 2.74. The van der Waals surface area contributed by atoms with Crippen molar-refractivity contribution < 1.29 is 4.79 Å². The van der Waals surface area contributed by atoms with Crippen molar-refractivity contribution in [3.05, 3.63) is 23.2 Å². The molecule has 0 bridgehead atoms. The predicted octanol–water partition coefficient (Wildman–Crippen LogP) is 2.67. The molecular weight excluding hydrogens is 308 g/mol. The van der Waals surface area contributed by atoms with Crippen molar-refractivity contribution in [1.29, 1.82) is 10.5 Å². The first kappa shape index (κ1) is 17.2. The molecule has 0 saturated carbocycles. The fraction of sp³-hybridized carbons (Fsp3) is 0.357. The van der Waals surface area contributed by atoms with Crippen LogP contribution in [0.3, 0.4) is 0 Å². The van der Waals surface area contributed by atoms with Gasteiger partial charge in [0.25, 0.3) is 0 Å². The van der Waals surface area contributed by atoms with Gasteiger partial charge in [0.15, 0.2) is 0 Å². The van der Waals surface area contributed by atoms with Crippen LogP contribution in [0.2, 0.25) is 5.02 Å². The molecule has 110 valence electrons. The van der Waals surface area contributed by atoms with Gasteiger partial charge in [0.2, 0.25) is 5.91 Å². The normalized spacial score (nSPS) is 9.67. The molecule has 0 fully saturated rings. The van der Waals surface area contributed by atoms with Crippen LogP contribution in [-0.4, -0.2) is 29.6 Å². The van der Waals surface area contributed by atoms with Gasteiger partial charge < -0.3 is 10.6 Å². The van der Waals surface area contributed by atoms with Gasteiger partial charge in [-0.3, -0.25) is 4.79 Å². The lowest BCUT2D eigenvalue weighted by Crippen LogP contribution is -2.34. The monoisotopic (exact) mass is 322 g/mol. The van der Waals surface area contributed by atoms with Crippen molar-refractivity contribution in [2.45, 2.75) is 17.7 Å². The van der Waals surface area contributed by atoms with Gasteiger partial charge in [0.05, 0.1) is 30.7 Å². The molecule has 0 heterocycles. The Morgan fingerprint density at radius 1 is 1.29 bits per heavy atom. The molecule has 5 nitrogen and oxygen atoms in total. The van der Waals surface area contributed by atoms with Crippen LogP contribution < -0.4 is 5.73 Å². The van der Waals surface area contributed by atoms with Crippen LogP contribution in [-0.2, 0) is 4.79 Å². The van der Waals surface area contributed by atoms with Crippen LogP contribution >= 0.6 is 23.4 Å². The average molecular weight is 323 g/mol. The van der Waals surface area contributed by atoms with Crippen molar-refractivity contribution in [3.8, 4) is 12.1 Å². The summed E-state index contributed by atoms with van der Waals surface area (Å²) >= 11 is 7.19. The summed E-state index contributed by atoms with van der Waals surface area (Å²) in [5.74, 6) is 0.0753. The number of benzene rings is 1. The number of carbonyl (C=O) groups excluding carboxylic acids is 1. The predicted molar refractivity (Wildman–Crippen MR) is 83.6 cm³/mol. The molecule has 2 N–H and O–H groups in total. The maximum absolute atomic E-state index is 12.1. The van der Waals surface area contributed by atoms with Crippen molar-refractivity contribution in [2.75, 3.05) is 24.6 Å². The van der Waals surface area contributed by atoms with Crippen LogP contribution in [0.1, 0.15) is 12.8 Å². The van der Waals surface area contributed by atoms with Crippen molar-refractivity contribution in [2.24, 2.45) is 0 Å². The molecule has 7 heteroatoms. The number of carbonyl (C=O) groups is 1. The quantitative estimate of drug-likeness (QED) is 0.615. The summed E-state index contributed by atoms with van der Waals surface area (Å²) < 4.78 is 0. The van der Waals surface area contributed by atoms with E-state index in [4.69, 9.17) is 27.9 Å². The van der Waals surface area contributed by atoms with E-state index in [1.807, 2.05) is 12.1 Å². The molecule has 0 aliphatic heterocycles. The van der Waals surface area contributed by atoms with Gasteiger partial charge in [-0.15, -0.1) is 11.8 Å². The highest BCUT2D eigenvalue weighted by Gasteiger charge is 2.14. The third-order valence-corrected chi connectivity index (χ3v) is 3.96. The summed E-state index contributed by atoms with van der Waals surface area (Å²) in [5.41, 5.74) is 6.39. The number of amides is 1. The zero-order chi connectivity index (χ0) is 15.7. The highest BCUT2D eigenvalue weighted by Crippen LogP contribution is 2.28. The number of nitrogen functional groups attached to an aromatic ring is 1. The summed E-state index contributed by atoms with van der Waals surface area (Å²) in [4.78, 5) is 14.4. The van der Waals surface area contributed by atoms with Gasteiger partial charge in [0.1, 0.15) is 0 Å². The van der Waals surface area contributed by atoms with E-state index >= 15 is 0 Å². The Morgan fingerprint density at radius 2 is 1.90 bits per heavy atom. The van der Waals surface area contributed by atoms with Gasteiger partial charge in [-0.25, -0.2) is 0 Å². The lowest BCUT2D eigenvalue weighted by atomic mass is 10.3. The highest BCUT2D eigenvalue weighted by molar-refractivity contribution is 8.00. The van der Waals surface area contributed by atoms with Gasteiger partial charge in [-0.1, -0.05) is 11.6 Å². The van der Waals surface area contributed by atoms with Crippen molar-refractivity contribution in [1.82, 2.24) is 4.90 Å². The second-order valence-corrected chi connectivity index (χ2v) is 5.62. The minimum absolute atomic E-state index is 0.120. The molecule has 0 unspecified atom stereocenters. The van der Waals surface area contributed by atoms with Crippen molar-refractivity contribution in [3.63, 3.8) is 0 Å². The summed E-state index contributed by atoms with van der Waals surface area (Å²) in [6.45, 7) is 0.672. The second kappa shape index (κ2) is 9.12. The van der Waals surface area contributed by atoms with E-state index in [2.05, 4.69) is 0 Å². The van der Waals surface area contributed by atoms with Gasteiger partial charge in [-0.05, 0) is 18.2 Å². The topological polar surface area (TPSA) is 93.9 Å². The Bertz CT molecular complexity index is 561. The number of anilines is 1. The zero-order valence-corrected chi connectivity index (χ0v) is 13.0. The van der Waals surface area contributed by atoms with Crippen LogP contribution in [0.15, 0.2) is 23.1 Å². The van der Waals surface area contributed by atoms with Crippen LogP contribution in [0.5, 0.6) is 0 Å². The van der Waals surface area contributed by atoms with E-state index in [1.54, 1.807) is 18.2 Å². The molecule has 0 spiro atoms. The molecule has 0 saturated heterocycles. The second-order valence-electron chi connectivity index (χ2n) is 4.17. The summed E-state index contributed by atoms with van der Waals surface area (Å²) in [6, 6.07) is 9.09. The Labute approximate surface area is 133 Å². The maximum Gasteiger partial charge on any atom is 0.232 e. The summed E-state index contributed by atoms with van der Waals surface area (Å²) in [5, 5.41) is 17.8. The fourth-order valence-electron chi connectivity index (χ4n) is 1.60. The number of thioether (sulfide) groups is 1. The van der Waals surface area contributed by atoms with Gasteiger partial charge >= 0.3 is 0 Å². The number of rotatable bonds is 7. The summed E-state index contributed by atoms with van der Waals surface area (Å²) in [7, 11) is 0. The smallest absolute Gasteiger partial charge is 0.232 e. The number of halogens is 1. The highest BCUT2D eigenvalue weighted by atomic mass is 35.5. The molecule has 1 amide bonds. The molecule has 21 heavy (non-hydrogen) atoms. The Balaban J connectivity index is 2.62. The third kappa shape index (κ3) is 5.95. The molecule has 0 atom stereocenters. The van der Waals surface area contributed by atoms with Gasteiger partial charge in [0, 0.05) is 28.7 Å². The molecule has 1 rings (SSSR count). The largest absolute Gasteiger partial charge is 0.398 e. The van der Waals surface area contributed by atoms with Crippen LogP contribution in [0.25, 0.3) is 0 Å². The van der Waals surface area contributed by atoms with E-state index in [1.165, 1.54) is 16.7 Å². The minimum Gasteiger partial charge on any atom is -0.398 e. The maximum atomic E-state index is 12.1. The molecule has 1 aromatic carbocycles. The summed E-state index contributed by atoms with van der Waals surface area (Å²) in [6.07, 6.45) is 0.502. The Hall–Kier alpha value is -1.89. The first-order valence-electron chi connectivity index (χ1n) is 6.28. The number of nitriles is 2. The molecule has 0 aliphatic rings. The number of hydrogen-bond donors (Lipinski definition) is 1. The number of nitrogens with two attached hydrogens (primary N) is 1. The van der Waals surface area contributed by atoms with Crippen LogP contribution in [0, 0.1) is 22.7 Å². The van der Waals surface area contributed by atoms with Crippen LogP contribution in [0.4, 0.5) is 5.69 Å². The minimum atomic E-state index is -0.120. The van der Waals surface area contributed by atoms with E-state index in [-0.39, 0.29) is 24.5 Å². The molecule has 0 aromatic heterocycles. The zero-order valence-electron chi connectivity index (χ0n) is 11.4. The standard InChI is InChI=1S/C14H15ClN4OS/c15-11-3-4-12(18)13(9-11)21-10-14(20)19(7-1-5-16)8-2-6-17/h3-4,9H,1-2,7-8,10,18H2. The SMILES string of the molecule is N#CCCN(CCC#N)C(=O)CSc1cc(Cl)ccc1N. The average Bonchev–Trinajstić information content (AvgIpc) is 2.48. The van der Waals surface area contributed by atoms with E-state index < -0.39 is 0 Å². The molecule has 0 radical (unpaired) electrons. The molecule has 0 aliphatic carbocycles. The lowest BCUT2D eigenvalue weighted by molar-refractivity contribution is -0.128. The van der Waals surface area contributed by atoms with Crippen molar-refractivity contribution >= 4 is 35.0 Å². The first-order chi connectivity index (χ1) is 10.1. The Kier molecular flexibility index (Phi) is 7.45.